The Morgan fingerprint density at radius 1 is 0.411 bits per heavy atom. The van der Waals surface area contributed by atoms with E-state index < -0.39 is 6.10 Å². The van der Waals surface area contributed by atoms with Crippen molar-refractivity contribution < 1.29 is 24.2 Å². The zero-order valence-electron chi connectivity index (χ0n) is 37.7. The third-order valence-corrected chi connectivity index (χ3v) is 11.2. The van der Waals surface area contributed by atoms with E-state index in [0.717, 1.165) is 51.4 Å². The molecule has 0 amide bonds. The number of aliphatic hydroxyl groups is 1. The first kappa shape index (κ1) is 54.4. The summed E-state index contributed by atoms with van der Waals surface area (Å²) in [6.07, 6.45) is 58.5. The van der Waals surface area contributed by atoms with Crippen molar-refractivity contribution in [2.45, 2.75) is 277 Å². The van der Waals surface area contributed by atoms with Crippen LogP contribution in [-0.4, -0.2) is 36.4 Å². The quantitative estimate of drug-likeness (QED) is 0.0378. The first-order chi connectivity index (χ1) is 27.6. The number of hydrogen-bond acceptors (Lipinski definition) is 5. The van der Waals surface area contributed by atoms with Crippen molar-refractivity contribution in [3.63, 3.8) is 0 Å². The Kier molecular flexibility index (Phi) is 46.4. The van der Waals surface area contributed by atoms with Crippen molar-refractivity contribution in [2.24, 2.45) is 0 Å². The van der Waals surface area contributed by atoms with Gasteiger partial charge in [0.2, 0.25) is 0 Å². The smallest absolute Gasteiger partial charge is 0.306 e. The van der Waals surface area contributed by atoms with Crippen LogP contribution in [-0.2, 0) is 19.1 Å². The molecular weight excluding hydrogens is 693 g/mol. The summed E-state index contributed by atoms with van der Waals surface area (Å²) in [5.74, 6) is -0.593. The molecule has 0 aliphatic heterocycles. The molecule has 0 bridgehead atoms. The van der Waals surface area contributed by atoms with Crippen LogP contribution in [0.2, 0.25) is 0 Å². The van der Waals surface area contributed by atoms with Crippen molar-refractivity contribution in [3.8, 4) is 0 Å². The molecule has 0 saturated heterocycles. The van der Waals surface area contributed by atoms with E-state index in [2.05, 4.69) is 38.2 Å². The van der Waals surface area contributed by atoms with Gasteiger partial charge in [-0.05, 0) is 44.9 Å². The number of carbonyl (C=O) groups is 2. The summed E-state index contributed by atoms with van der Waals surface area (Å²) < 4.78 is 10.7. The van der Waals surface area contributed by atoms with Crippen molar-refractivity contribution >= 4 is 11.9 Å². The van der Waals surface area contributed by atoms with Crippen LogP contribution in [0.25, 0.3) is 0 Å². The highest BCUT2D eigenvalue weighted by molar-refractivity contribution is 5.70. The molecule has 0 heterocycles. The van der Waals surface area contributed by atoms with Gasteiger partial charge in [-0.15, -0.1) is 0 Å². The number of rotatable bonds is 46. The molecule has 5 heteroatoms. The largest absolute Gasteiger partial charge is 0.462 e. The predicted molar refractivity (Wildman–Crippen MR) is 242 cm³/mol. The fourth-order valence-corrected chi connectivity index (χ4v) is 7.47. The van der Waals surface area contributed by atoms with Gasteiger partial charge in [0.05, 0.1) is 6.61 Å². The number of carbonyl (C=O) groups excluding carboxylic acids is 2. The molecule has 0 aromatic carbocycles. The van der Waals surface area contributed by atoms with E-state index in [1.54, 1.807) is 0 Å². The van der Waals surface area contributed by atoms with Crippen molar-refractivity contribution in [2.75, 3.05) is 13.2 Å². The molecule has 1 N–H and O–H groups in total. The van der Waals surface area contributed by atoms with Gasteiger partial charge in [0.15, 0.2) is 6.10 Å². The van der Waals surface area contributed by atoms with Gasteiger partial charge in [-0.25, -0.2) is 0 Å². The molecule has 5 nitrogen and oxygen atoms in total. The highest BCUT2D eigenvalue weighted by Gasteiger charge is 2.16. The van der Waals surface area contributed by atoms with E-state index in [4.69, 9.17) is 9.47 Å². The first-order valence-corrected chi connectivity index (χ1v) is 24.9. The topological polar surface area (TPSA) is 72.8 Å². The van der Waals surface area contributed by atoms with Crippen molar-refractivity contribution in [1.29, 1.82) is 0 Å². The SMILES string of the molecule is CCCCC/C=C\C/C=C\CCCCCCCC(=O)OC(CO)COC(=O)CCCCCCCCCCCCCCCCCCCCCCCCCCCCC. The standard InChI is InChI=1S/C51H96O5/c1-3-5-7-9-11-13-15-17-19-20-21-22-23-24-25-26-27-28-29-30-32-33-35-37-39-41-43-45-50(53)55-48-49(47-52)56-51(54)46-44-42-40-38-36-34-31-18-16-14-12-10-8-6-4-2/h12,14,18,31,49,52H,3-11,13,15-17,19-30,32-48H2,1-2H3/b14-12-,31-18-. The van der Waals surface area contributed by atoms with E-state index in [-0.39, 0.29) is 25.2 Å². The maximum absolute atomic E-state index is 12.2. The Hall–Kier alpha value is -1.62. The Labute approximate surface area is 349 Å². The van der Waals surface area contributed by atoms with E-state index in [1.165, 1.54) is 193 Å². The summed E-state index contributed by atoms with van der Waals surface area (Å²) in [5, 5.41) is 9.60. The Bertz CT molecular complexity index is 851. The molecule has 0 saturated carbocycles. The van der Waals surface area contributed by atoms with E-state index in [9.17, 15) is 14.7 Å². The van der Waals surface area contributed by atoms with Crippen LogP contribution in [0.3, 0.4) is 0 Å². The molecular formula is C51H96O5. The van der Waals surface area contributed by atoms with Crippen LogP contribution >= 0.6 is 0 Å². The van der Waals surface area contributed by atoms with Gasteiger partial charge in [-0.3, -0.25) is 9.59 Å². The second kappa shape index (κ2) is 47.8. The lowest BCUT2D eigenvalue weighted by atomic mass is 10.0. The zero-order chi connectivity index (χ0) is 40.7. The van der Waals surface area contributed by atoms with Crippen molar-refractivity contribution in [3.05, 3.63) is 24.3 Å². The summed E-state index contributed by atoms with van der Waals surface area (Å²) in [6, 6.07) is 0. The average Bonchev–Trinajstić information content (AvgIpc) is 3.20. The monoisotopic (exact) mass is 789 g/mol. The van der Waals surface area contributed by atoms with Crippen LogP contribution < -0.4 is 0 Å². The Morgan fingerprint density at radius 2 is 0.714 bits per heavy atom. The molecule has 1 unspecified atom stereocenters. The minimum absolute atomic E-state index is 0.0667. The molecule has 0 fully saturated rings. The van der Waals surface area contributed by atoms with E-state index in [1.807, 2.05) is 0 Å². The van der Waals surface area contributed by atoms with Gasteiger partial charge in [0.1, 0.15) is 6.61 Å². The second-order valence-corrected chi connectivity index (χ2v) is 16.9. The average molecular weight is 789 g/mol. The predicted octanol–water partition coefficient (Wildman–Crippen LogP) is 16.2. The third-order valence-electron chi connectivity index (χ3n) is 11.2. The summed E-state index contributed by atoms with van der Waals surface area (Å²) >= 11 is 0. The van der Waals surface area contributed by atoms with E-state index in [0.29, 0.717) is 12.8 Å². The van der Waals surface area contributed by atoms with Gasteiger partial charge in [-0.1, -0.05) is 237 Å². The number of hydrogen-bond donors (Lipinski definition) is 1. The lowest BCUT2D eigenvalue weighted by Crippen LogP contribution is -2.28. The van der Waals surface area contributed by atoms with Gasteiger partial charge in [-0.2, -0.15) is 0 Å². The molecule has 0 aliphatic rings. The molecule has 0 aromatic rings. The first-order valence-electron chi connectivity index (χ1n) is 24.9. The fraction of sp³-hybridized carbons (Fsp3) is 0.882. The number of aliphatic hydroxyl groups excluding tert-OH is 1. The Balaban J connectivity index is 3.43. The molecule has 0 aromatic heterocycles. The number of unbranched alkanes of at least 4 members (excludes halogenated alkanes) is 34. The normalized spacial score (nSPS) is 12.3. The minimum Gasteiger partial charge on any atom is -0.462 e. The fourth-order valence-electron chi connectivity index (χ4n) is 7.47. The van der Waals surface area contributed by atoms with Gasteiger partial charge in [0.25, 0.3) is 0 Å². The summed E-state index contributed by atoms with van der Waals surface area (Å²) in [4.78, 5) is 24.4. The van der Waals surface area contributed by atoms with Crippen LogP contribution in [0.5, 0.6) is 0 Å². The lowest BCUT2D eigenvalue weighted by Gasteiger charge is -2.15. The van der Waals surface area contributed by atoms with Crippen LogP contribution in [0.15, 0.2) is 24.3 Å². The lowest BCUT2D eigenvalue weighted by molar-refractivity contribution is -0.161. The third kappa shape index (κ3) is 45.1. The summed E-state index contributed by atoms with van der Waals surface area (Å²) in [5.41, 5.74) is 0. The van der Waals surface area contributed by atoms with Crippen LogP contribution in [0.1, 0.15) is 271 Å². The number of ether oxygens (including phenoxy) is 2. The minimum atomic E-state index is -0.775. The number of allylic oxidation sites excluding steroid dienone is 4. The molecule has 1 atom stereocenters. The van der Waals surface area contributed by atoms with Gasteiger partial charge >= 0.3 is 11.9 Å². The highest BCUT2D eigenvalue weighted by Crippen LogP contribution is 2.17. The number of esters is 2. The second-order valence-electron chi connectivity index (χ2n) is 16.9. The van der Waals surface area contributed by atoms with Gasteiger partial charge in [0, 0.05) is 12.8 Å². The molecule has 330 valence electrons. The molecule has 0 spiro atoms. The van der Waals surface area contributed by atoms with Crippen molar-refractivity contribution in [1.82, 2.24) is 0 Å². The zero-order valence-corrected chi connectivity index (χ0v) is 37.7. The Morgan fingerprint density at radius 3 is 1.09 bits per heavy atom. The van der Waals surface area contributed by atoms with Gasteiger partial charge < -0.3 is 14.6 Å². The molecule has 0 rings (SSSR count). The highest BCUT2D eigenvalue weighted by atomic mass is 16.6. The maximum atomic E-state index is 12.2. The van der Waals surface area contributed by atoms with Crippen LogP contribution in [0, 0.1) is 0 Å². The summed E-state index contributed by atoms with van der Waals surface area (Å²) in [7, 11) is 0. The molecule has 0 radical (unpaired) electrons. The maximum Gasteiger partial charge on any atom is 0.306 e. The molecule has 56 heavy (non-hydrogen) atoms. The molecule has 0 aliphatic carbocycles. The summed E-state index contributed by atoms with van der Waals surface area (Å²) in [6.45, 7) is 4.13. The van der Waals surface area contributed by atoms with Crippen LogP contribution in [0.4, 0.5) is 0 Å². The van der Waals surface area contributed by atoms with E-state index >= 15 is 0 Å².